The maximum absolute atomic E-state index is 10.1. The van der Waals surface area contributed by atoms with Crippen LogP contribution in [0.15, 0.2) is 0 Å². The van der Waals surface area contributed by atoms with Gasteiger partial charge in [0.05, 0.1) is 6.61 Å². The van der Waals surface area contributed by atoms with Gasteiger partial charge < -0.3 is 24.3 Å². The number of alkyl halides is 1. The first-order chi connectivity index (χ1) is 8.02. The lowest BCUT2D eigenvalue weighted by Gasteiger charge is -2.12. The Morgan fingerprint density at radius 1 is 1.17 bits per heavy atom. The van der Waals surface area contributed by atoms with Gasteiger partial charge in [0.25, 0.3) is 0 Å². The summed E-state index contributed by atoms with van der Waals surface area (Å²) in [4.78, 5) is 32.4. The quantitative estimate of drug-likeness (QED) is 0.303. The number of hydrogen-bond donors (Lipinski definition) is 4. The van der Waals surface area contributed by atoms with E-state index in [1.807, 2.05) is 0 Å². The van der Waals surface area contributed by atoms with E-state index in [2.05, 4.69) is 9.05 Å². The minimum atomic E-state index is -4.38. The van der Waals surface area contributed by atoms with Gasteiger partial charge in [0, 0.05) is 12.5 Å². The van der Waals surface area contributed by atoms with Crippen molar-refractivity contribution in [1.29, 1.82) is 0 Å². The summed E-state index contributed by atoms with van der Waals surface area (Å²) in [5.41, 5.74) is 0. The molecule has 1 unspecified atom stereocenters. The highest BCUT2D eigenvalue weighted by molar-refractivity contribution is 7.46. The molecule has 4 N–H and O–H groups in total. The zero-order chi connectivity index (χ0) is 14.8. The van der Waals surface area contributed by atoms with E-state index in [0.29, 0.717) is 6.61 Å². The molecular weight excluding hydrogens is 313 g/mol. The van der Waals surface area contributed by atoms with Crippen molar-refractivity contribution < 1.29 is 42.5 Å². The maximum atomic E-state index is 10.1. The van der Waals surface area contributed by atoms with Gasteiger partial charge in [0.15, 0.2) is 6.29 Å². The Bertz CT molecular complexity index is 287. The van der Waals surface area contributed by atoms with Gasteiger partial charge in [-0.1, -0.05) is 0 Å². The Morgan fingerprint density at radius 2 is 1.67 bits per heavy atom. The van der Waals surface area contributed by atoms with Crippen LogP contribution in [0.2, 0.25) is 0 Å². The first-order valence-corrected chi connectivity index (χ1v) is 8.23. The van der Waals surface area contributed by atoms with Crippen LogP contribution in [0.4, 0.5) is 0 Å². The molecule has 0 saturated carbocycles. The lowest BCUT2D eigenvalue weighted by molar-refractivity contribution is -0.0746. The first kappa shape index (κ1) is 20.8. The Labute approximate surface area is 109 Å². The standard InChI is InChI=1S/C4H11O5P.C2H6ClO4P/c1-3-8-4(2)9-10(5,6)7;3-1-2-7-8(4,5)6/h4H,3H2,1-2H3,(H2,5,6,7);1-2H2,(H2,4,5,6). The van der Waals surface area contributed by atoms with Gasteiger partial charge >= 0.3 is 15.6 Å². The number of ether oxygens (including phenoxy) is 1. The summed E-state index contributed by atoms with van der Waals surface area (Å²) in [6, 6.07) is 0. The van der Waals surface area contributed by atoms with Gasteiger partial charge in [-0.2, -0.15) is 0 Å². The van der Waals surface area contributed by atoms with E-state index in [1.54, 1.807) is 6.92 Å². The zero-order valence-electron chi connectivity index (χ0n) is 9.80. The number of phosphoric acid groups is 2. The van der Waals surface area contributed by atoms with Crippen LogP contribution in [0.3, 0.4) is 0 Å². The largest absolute Gasteiger partial charge is 0.471 e. The van der Waals surface area contributed by atoms with Crippen molar-refractivity contribution in [3.63, 3.8) is 0 Å². The topological polar surface area (TPSA) is 143 Å². The molecule has 12 heteroatoms. The van der Waals surface area contributed by atoms with E-state index in [-0.39, 0.29) is 12.5 Å². The maximum Gasteiger partial charge on any atom is 0.471 e. The summed E-state index contributed by atoms with van der Waals surface area (Å²) in [5.74, 6) is 0.0884. The van der Waals surface area contributed by atoms with Crippen LogP contribution >= 0.6 is 27.2 Å². The molecule has 0 saturated heterocycles. The molecule has 0 spiro atoms. The molecule has 0 aromatic heterocycles. The van der Waals surface area contributed by atoms with Crippen molar-refractivity contribution in [3.8, 4) is 0 Å². The van der Waals surface area contributed by atoms with Gasteiger partial charge in [-0.25, -0.2) is 9.13 Å². The minimum absolute atomic E-state index is 0.0884. The second kappa shape index (κ2) is 10.3. The minimum Gasteiger partial charge on any atom is -0.353 e. The summed E-state index contributed by atoms with van der Waals surface area (Å²) < 4.78 is 32.7. The number of rotatable bonds is 7. The Kier molecular flexibility index (Phi) is 11.9. The van der Waals surface area contributed by atoms with Gasteiger partial charge in [0.2, 0.25) is 0 Å². The molecule has 0 bridgehead atoms. The highest BCUT2D eigenvalue weighted by Gasteiger charge is 2.18. The molecule has 1 atom stereocenters. The fraction of sp³-hybridized carbons (Fsp3) is 1.00. The van der Waals surface area contributed by atoms with Crippen LogP contribution in [0.5, 0.6) is 0 Å². The van der Waals surface area contributed by atoms with Crippen molar-refractivity contribution in [2.24, 2.45) is 0 Å². The molecule has 112 valence electrons. The molecule has 18 heavy (non-hydrogen) atoms. The second-order valence-corrected chi connectivity index (χ2v) is 5.44. The first-order valence-electron chi connectivity index (χ1n) is 4.63. The number of halogens is 1. The molecule has 0 aliphatic heterocycles. The third kappa shape index (κ3) is 21.7. The smallest absolute Gasteiger partial charge is 0.353 e. The third-order valence-corrected chi connectivity index (χ3v) is 2.27. The molecule has 0 aliphatic carbocycles. The summed E-state index contributed by atoms with van der Waals surface area (Å²) in [6.45, 7) is 3.37. The van der Waals surface area contributed by atoms with Crippen molar-refractivity contribution in [1.82, 2.24) is 0 Å². The van der Waals surface area contributed by atoms with Gasteiger partial charge in [-0.3, -0.25) is 9.05 Å². The van der Waals surface area contributed by atoms with Crippen LogP contribution in [0.1, 0.15) is 13.8 Å². The summed E-state index contributed by atoms with van der Waals surface area (Å²) in [6.07, 6.45) is -0.856. The molecule has 0 aromatic carbocycles. The van der Waals surface area contributed by atoms with E-state index in [9.17, 15) is 9.13 Å². The Hall–Kier alpha value is 0.470. The van der Waals surface area contributed by atoms with Gasteiger partial charge in [-0.05, 0) is 13.8 Å². The average Bonchev–Trinajstić information content (AvgIpc) is 2.12. The van der Waals surface area contributed by atoms with Crippen molar-refractivity contribution in [2.75, 3.05) is 19.1 Å². The van der Waals surface area contributed by atoms with Crippen molar-refractivity contribution >= 4 is 27.2 Å². The Balaban J connectivity index is 0. The number of phosphoric ester groups is 2. The zero-order valence-corrected chi connectivity index (χ0v) is 12.3. The normalized spacial score (nSPS) is 13.7. The van der Waals surface area contributed by atoms with E-state index >= 15 is 0 Å². The molecule has 0 heterocycles. The molecule has 0 aliphatic rings. The SMILES string of the molecule is CCOC(C)OP(=O)(O)O.O=P(O)(O)OCCCl. The van der Waals surface area contributed by atoms with E-state index < -0.39 is 21.9 Å². The predicted molar refractivity (Wildman–Crippen MR) is 62.9 cm³/mol. The van der Waals surface area contributed by atoms with Crippen LogP contribution < -0.4 is 0 Å². The van der Waals surface area contributed by atoms with Crippen molar-refractivity contribution in [2.45, 2.75) is 20.1 Å². The van der Waals surface area contributed by atoms with Crippen LogP contribution in [0, 0.1) is 0 Å². The average molecular weight is 331 g/mol. The Morgan fingerprint density at radius 3 is 1.89 bits per heavy atom. The predicted octanol–water partition coefficient (Wildman–Crippen LogP) is 0.813. The summed E-state index contributed by atoms with van der Waals surface area (Å²) >= 11 is 5.04. The van der Waals surface area contributed by atoms with E-state index in [1.165, 1.54) is 6.92 Å². The summed E-state index contributed by atoms with van der Waals surface area (Å²) in [5, 5.41) is 0. The van der Waals surface area contributed by atoms with E-state index in [4.69, 9.17) is 35.9 Å². The molecule has 0 fully saturated rings. The number of hydrogen-bond acceptors (Lipinski definition) is 5. The molecule has 0 amide bonds. The molecule has 0 rings (SSSR count). The van der Waals surface area contributed by atoms with E-state index in [0.717, 1.165) is 0 Å². The highest BCUT2D eigenvalue weighted by atomic mass is 35.5. The lowest BCUT2D eigenvalue weighted by Crippen LogP contribution is -2.10. The molecule has 9 nitrogen and oxygen atoms in total. The van der Waals surface area contributed by atoms with Crippen LogP contribution in [0.25, 0.3) is 0 Å². The lowest BCUT2D eigenvalue weighted by atomic mass is 10.7. The molecule has 0 aromatic rings. The fourth-order valence-electron chi connectivity index (χ4n) is 0.612. The fourth-order valence-corrected chi connectivity index (χ4v) is 1.57. The van der Waals surface area contributed by atoms with Crippen LogP contribution in [-0.2, 0) is 22.9 Å². The third-order valence-electron chi connectivity index (χ3n) is 1.02. The van der Waals surface area contributed by atoms with Crippen molar-refractivity contribution in [3.05, 3.63) is 0 Å². The van der Waals surface area contributed by atoms with Crippen LogP contribution in [-0.4, -0.2) is 45.0 Å². The van der Waals surface area contributed by atoms with Gasteiger partial charge in [-0.15, -0.1) is 11.6 Å². The second-order valence-electron chi connectivity index (χ2n) is 2.63. The summed E-state index contributed by atoms with van der Waals surface area (Å²) in [7, 11) is -8.64. The molecular formula is C6H17ClO9P2. The molecule has 0 radical (unpaired) electrons. The monoisotopic (exact) mass is 330 g/mol. The highest BCUT2D eigenvalue weighted by Crippen LogP contribution is 2.37. The van der Waals surface area contributed by atoms with Gasteiger partial charge in [0.1, 0.15) is 0 Å².